The quantitative estimate of drug-likeness (QED) is 0.846. The molecule has 0 radical (unpaired) electrons. The van der Waals surface area contributed by atoms with Crippen LogP contribution in [0.5, 0.6) is 0 Å². The number of nitrogens with zero attached hydrogens (tertiary/aromatic N) is 2. The molecule has 0 unspecified atom stereocenters. The van der Waals surface area contributed by atoms with Crippen LogP contribution >= 0.6 is 0 Å². The van der Waals surface area contributed by atoms with E-state index in [2.05, 4.69) is 36.9 Å². The van der Waals surface area contributed by atoms with Gasteiger partial charge in [0, 0.05) is 37.4 Å². The zero-order chi connectivity index (χ0) is 16.4. The molecule has 1 heterocycles. The highest BCUT2D eigenvalue weighted by Gasteiger charge is 2.23. The van der Waals surface area contributed by atoms with Gasteiger partial charge >= 0.3 is 0 Å². The molecule has 2 aromatic carbocycles. The number of hydrogen-bond acceptors (Lipinski definition) is 2. The van der Waals surface area contributed by atoms with E-state index in [-0.39, 0.29) is 5.91 Å². The van der Waals surface area contributed by atoms with Crippen LogP contribution < -0.4 is 4.90 Å². The highest BCUT2D eigenvalue weighted by molar-refractivity contribution is 5.94. The SMILES string of the molecule is Cc1cccc(C(=O)N2CCN(c3c(C)cccc3C)CC2)c1. The van der Waals surface area contributed by atoms with E-state index in [4.69, 9.17) is 0 Å². The minimum absolute atomic E-state index is 0.148. The molecule has 3 heteroatoms. The van der Waals surface area contributed by atoms with Gasteiger partial charge in [-0.15, -0.1) is 0 Å². The Labute approximate surface area is 138 Å². The molecule has 0 bridgehead atoms. The molecule has 0 N–H and O–H groups in total. The summed E-state index contributed by atoms with van der Waals surface area (Å²) < 4.78 is 0. The van der Waals surface area contributed by atoms with Crippen molar-refractivity contribution in [3.8, 4) is 0 Å². The lowest BCUT2D eigenvalue weighted by Gasteiger charge is -2.37. The van der Waals surface area contributed by atoms with Gasteiger partial charge in [-0.25, -0.2) is 0 Å². The molecular formula is C20H24N2O. The zero-order valence-corrected chi connectivity index (χ0v) is 14.2. The van der Waals surface area contributed by atoms with Crippen molar-refractivity contribution in [2.75, 3.05) is 31.1 Å². The molecule has 23 heavy (non-hydrogen) atoms. The molecule has 0 atom stereocenters. The highest BCUT2D eigenvalue weighted by atomic mass is 16.2. The molecule has 0 saturated carbocycles. The second kappa shape index (κ2) is 6.45. The number of rotatable bonds is 2. The predicted octanol–water partition coefficient (Wildman–Crippen LogP) is 3.57. The molecular weight excluding hydrogens is 284 g/mol. The van der Waals surface area contributed by atoms with E-state index in [1.807, 2.05) is 36.1 Å². The van der Waals surface area contributed by atoms with E-state index in [0.717, 1.165) is 37.3 Å². The Morgan fingerprint density at radius 3 is 2.09 bits per heavy atom. The van der Waals surface area contributed by atoms with E-state index >= 15 is 0 Å². The molecule has 120 valence electrons. The number of carbonyl (C=O) groups excluding carboxylic acids is 1. The van der Waals surface area contributed by atoms with Gasteiger partial charge in [-0.2, -0.15) is 0 Å². The van der Waals surface area contributed by atoms with Crippen molar-refractivity contribution in [3.05, 3.63) is 64.7 Å². The van der Waals surface area contributed by atoms with Crippen LogP contribution in [0.25, 0.3) is 0 Å². The second-order valence-corrected chi connectivity index (χ2v) is 6.39. The van der Waals surface area contributed by atoms with Crippen molar-refractivity contribution < 1.29 is 4.79 Å². The molecule has 2 aromatic rings. The highest BCUT2D eigenvalue weighted by Crippen LogP contribution is 2.25. The smallest absolute Gasteiger partial charge is 0.253 e. The fourth-order valence-electron chi connectivity index (χ4n) is 3.40. The first-order valence-electron chi connectivity index (χ1n) is 8.23. The Kier molecular flexibility index (Phi) is 4.37. The summed E-state index contributed by atoms with van der Waals surface area (Å²) in [6, 6.07) is 14.3. The average molecular weight is 308 g/mol. The molecule has 0 aromatic heterocycles. The van der Waals surface area contributed by atoms with Crippen molar-refractivity contribution in [1.29, 1.82) is 0 Å². The Morgan fingerprint density at radius 2 is 1.48 bits per heavy atom. The van der Waals surface area contributed by atoms with E-state index < -0.39 is 0 Å². The molecule has 1 fully saturated rings. The predicted molar refractivity (Wildman–Crippen MR) is 95.2 cm³/mol. The molecule has 1 amide bonds. The summed E-state index contributed by atoms with van der Waals surface area (Å²) in [5.74, 6) is 0.148. The molecule has 0 aliphatic carbocycles. The largest absolute Gasteiger partial charge is 0.368 e. The maximum Gasteiger partial charge on any atom is 0.253 e. The minimum Gasteiger partial charge on any atom is -0.368 e. The third kappa shape index (κ3) is 3.24. The second-order valence-electron chi connectivity index (χ2n) is 6.39. The van der Waals surface area contributed by atoms with Gasteiger partial charge in [-0.1, -0.05) is 35.9 Å². The summed E-state index contributed by atoms with van der Waals surface area (Å²) in [5.41, 5.74) is 5.87. The summed E-state index contributed by atoms with van der Waals surface area (Å²) in [7, 11) is 0. The van der Waals surface area contributed by atoms with Crippen molar-refractivity contribution in [2.24, 2.45) is 0 Å². The van der Waals surface area contributed by atoms with E-state index in [1.54, 1.807) is 0 Å². The molecule has 3 nitrogen and oxygen atoms in total. The summed E-state index contributed by atoms with van der Waals surface area (Å²) in [6.45, 7) is 9.68. The van der Waals surface area contributed by atoms with Crippen molar-refractivity contribution >= 4 is 11.6 Å². The number of aryl methyl sites for hydroxylation is 3. The first-order chi connectivity index (χ1) is 11.1. The topological polar surface area (TPSA) is 23.6 Å². The monoisotopic (exact) mass is 308 g/mol. The minimum atomic E-state index is 0.148. The summed E-state index contributed by atoms with van der Waals surface area (Å²) in [6.07, 6.45) is 0. The molecule has 1 saturated heterocycles. The summed E-state index contributed by atoms with van der Waals surface area (Å²) >= 11 is 0. The van der Waals surface area contributed by atoms with Gasteiger partial charge < -0.3 is 9.80 Å². The van der Waals surface area contributed by atoms with E-state index in [9.17, 15) is 4.79 Å². The number of amides is 1. The lowest BCUT2D eigenvalue weighted by molar-refractivity contribution is 0.0746. The molecule has 3 rings (SSSR count). The first kappa shape index (κ1) is 15.6. The Balaban J connectivity index is 1.70. The fourth-order valence-corrected chi connectivity index (χ4v) is 3.40. The number of anilines is 1. The number of piperazine rings is 1. The number of benzene rings is 2. The van der Waals surface area contributed by atoms with Crippen LogP contribution in [0, 0.1) is 20.8 Å². The van der Waals surface area contributed by atoms with E-state index in [0.29, 0.717) is 0 Å². The maximum atomic E-state index is 12.6. The van der Waals surface area contributed by atoms with Gasteiger partial charge in [0.25, 0.3) is 5.91 Å². The van der Waals surface area contributed by atoms with E-state index in [1.165, 1.54) is 16.8 Å². The van der Waals surface area contributed by atoms with Crippen LogP contribution in [-0.4, -0.2) is 37.0 Å². The summed E-state index contributed by atoms with van der Waals surface area (Å²) in [4.78, 5) is 17.0. The van der Waals surface area contributed by atoms with Crippen LogP contribution in [-0.2, 0) is 0 Å². The standard InChI is InChI=1S/C20H24N2O/c1-15-6-4-9-18(14-15)20(23)22-12-10-21(11-13-22)19-16(2)7-5-8-17(19)3/h4-9,14H,10-13H2,1-3H3. The van der Waals surface area contributed by atoms with Gasteiger partial charge in [0.1, 0.15) is 0 Å². The fraction of sp³-hybridized carbons (Fsp3) is 0.350. The van der Waals surface area contributed by atoms with Crippen molar-refractivity contribution in [3.63, 3.8) is 0 Å². The number of carbonyl (C=O) groups is 1. The maximum absolute atomic E-state index is 12.6. The molecule has 0 spiro atoms. The summed E-state index contributed by atoms with van der Waals surface area (Å²) in [5, 5.41) is 0. The van der Waals surface area contributed by atoms with Crippen molar-refractivity contribution in [2.45, 2.75) is 20.8 Å². The molecule has 1 aliphatic rings. The van der Waals surface area contributed by atoms with Gasteiger partial charge in [0.2, 0.25) is 0 Å². The third-order valence-corrected chi connectivity index (χ3v) is 4.59. The number of para-hydroxylation sites is 1. The molecule has 1 aliphatic heterocycles. The lowest BCUT2D eigenvalue weighted by Crippen LogP contribution is -2.49. The normalized spacial score (nSPS) is 14.9. The first-order valence-corrected chi connectivity index (χ1v) is 8.23. The van der Waals surface area contributed by atoms with Gasteiger partial charge in [-0.3, -0.25) is 4.79 Å². The zero-order valence-electron chi connectivity index (χ0n) is 14.2. The Hall–Kier alpha value is -2.29. The lowest BCUT2D eigenvalue weighted by atomic mass is 10.1. The van der Waals surface area contributed by atoms with Gasteiger partial charge in [0.15, 0.2) is 0 Å². The average Bonchev–Trinajstić information content (AvgIpc) is 2.55. The van der Waals surface area contributed by atoms with Crippen LogP contribution in [0.1, 0.15) is 27.0 Å². The van der Waals surface area contributed by atoms with Gasteiger partial charge in [-0.05, 0) is 44.0 Å². The van der Waals surface area contributed by atoms with Crippen LogP contribution in [0.4, 0.5) is 5.69 Å². The Bertz CT molecular complexity index is 695. The number of hydrogen-bond donors (Lipinski definition) is 0. The van der Waals surface area contributed by atoms with Gasteiger partial charge in [0.05, 0.1) is 0 Å². The Morgan fingerprint density at radius 1 is 0.870 bits per heavy atom. The van der Waals surface area contributed by atoms with Crippen LogP contribution in [0.15, 0.2) is 42.5 Å². The van der Waals surface area contributed by atoms with Crippen LogP contribution in [0.3, 0.4) is 0 Å². The third-order valence-electron chi connectivity index (χ3n) is 4.59. The van der Waals surface area contributed by atoms with Crippen molar-refractivity contribution in [1.82, 2.24) is 4.90 Å². The van der Waals surface area contributed by atoms with Crippen LogP contribution in [0.2, 0.25) is 0 Å².